The highest BCUT2D eigenvalue weighted by molar-refractivity contribution is 9.10. The maximum atomic E-state index is 11.4. The van der Waals surface area contributed by atoms with E-state index in [2.05, 4.69) is 20.7 Å². The van der Waals surface area contributed by atoms with Crippen LogP contribution in [0.15, 0.2) is 22.7 Å². The van der Waals surface area contributed by atoms with Gasteiger partial charge in [-0.25, -0.2) is 0 Å². The zero-order valence-corrected chi connectivity index (χ0v) is 13.2. The fourth-order valence-electron chi connectivity index (χ4n) is 1.88. The number of hydrogen-bond donors (Lipinski definition) is 0. The van der Waals surface area contributed by atoms with E-state index in [9.17, 15) is 14.9 Å². The summed E-state index contributed by atoms with van der Waals surface area (Å²) in [6.45, 7) is 2.93. The van der Waals surface area contributed by atoms with Crippen molar-refractivity contribution in [3.05, 3.63) is 38.3 Å². The van der Waals surface area contributed by atoms with Gasteiger partial charge >= 0.3 is 5.97 Å². The first-order valence-corrected chi connectivity index (χ1v) is 6.83. The molecule has 0 amide bonds. The first-order valence-electron chi connectivity index (χ1n) is 6.04. The summed E-state index contributed by atoms with van der Waals surface area (Å²) < 4.78 is 5.36. The maximum Gasteiger partial charge on any atom is 0.309 e. The molecule has 1 rings (SSSR count). The van der Waals surface area contributed by atoms with Gasteiger partial charge in [-0.2, -0.15) is 0 Å². The predicted molar refractivity (Wildman–Crippen MR) is 78.3 cm³/mol. The lowest BCUT2D eigenvalue weighted by Crippen LogP contribution is -2.29. The van der Waals surface area contributed by atoms with Gasteiger partial charge < -0.3 is 9.64 Å². The molecule has 0 bridgehead atoms. The van der Waals surface area contributed by atoms with Crippen LogP contribution in [0.1, 0.15) is 12.5 Å². The molecule has 0 fully saturated rings. The normalized spacial score (nSPS) is 12.2. The summed E-state index contributed by atoms with van der Waals surface area (Å²) in [5.41, 5.74) is 0.973. The minimum Gasteiger partial charge on any atom is -0.469 e. The van der Waals surface area contributed by atoms with Crippen molar-refractivity contribution in [2.45, 2.75) is 13.5 Å². The second-order valence-electron chi connectivity index (χ2n) is 4.65. The first kappa shape index (κ1) is 16.6. The molecule has 0 aliphatic heterocycles. The summed E-state index contributed by atoms with van der Waals surface area (Å²) in [4.78, 5) is 23.5. The van der Waals surface area contributed by atoms with E-state index in [-0.39, 0.29) is 17.6 Å². The molecule has 0 saturated carbocycles. The molecule has 1 unspecified atom stereocenters. The molecular weight excluding hydrogens is 328 g/mol. The van der Waals surface area contributed by atoms with Crippen LogP contribution >= 0.6 is 15.9 Å². The largest absolute Gasteiger partial charge is 0.469 e. The summed E-state index contributed by atoms with van der Waals surface area (Å²) in [5, 5.41) is 10.7. The quantitative estimate of drug-likeness (QED) is 0.450. The summed E-state index contributed by atoms with van der Waals surface area (Å²) in [5.74, 6) is -0.471. The van der Waals surface area contributed by atoms with E-state index >= 15 is 0 Å². The molecule has 0 heterocycles. The van der Waals surface area contributed by atoms with Crippen molar-refractivity contribution in [3.63, 3.8) is 0 Å². The van der Waals surface area contributed by atoms with Crippen LogP contribution in [-0.2, 0) is 16.1 Å². The molecule has 1 aromatic carbocycles. The average molecular weight is 345 g/mol. The third kappa shape index (κ3) is 4.57. The van der Waals surface area contributed by atoms with Gasteiger partial charge in [-0.3, -0.25) is 14.9 Å². The van der Waals surface area contributed by atoms with Crippen molar-refractivity contribution in [3.8, 4) is 0 Å². The van der Waals surface area contributed by atoms with Gasteiger partial charge in [-0.15, -0.1) is 0 Å². The number of ether oxygens (including phenoxy) is 1. The first-order chi connectivity index (χ1) is 9.35. The van der Waals surface area contributed by atoms with E-state index in [0.717, 1.165) is 5.56 Å². The van der Waals surface area contributed by atoms with E-state index in [1.165, 1.54) is 19.2 Å². The zero-order chi connectivity index (χ0) is 15.3. The fourth-order valence-corrected chi connectivity index (χ4v) is 2.37. The minimum absolute atomic E-state index is 0.0474. The molecule has 0 N–H and O–H groups in total. The molecule has 7 heteroatoms. The summed E-state index contributed by atoms with van der Waals surface area (Å²) in [7, 11) is 3.25. The summed E-state index contributed by atoms with van der Waals surface area (Å²) in [6.07, 6.45) is 0. The molecule has 110 valence electrons. The Bertz CT molecular complexity index is 507. The molecule has 6 nitrogen and oxygen atoms in total. The number of non-ortho nitro benzene ring substituents is 1. The molecule has 20 heavy (non-hydrogen) atoms. The third-order valence-corrected chi connectivity index (χ3v) is 3.62. The topological polar surface area (TPSA) is 72.7 Å². The Balaban J connectivity index is 2.69. The second-order valence-corrected chi connectivity index (χ2v) is 5.51. The van der Waals surface area contributed by atoms with Crippen LogP contribution in [0, 0.1) is 16.0 Å². The highest BCUT2D eigenvalue weighted by Crippen LogP contribution is 2.24. The Labute approximate surface area is 126 Å². The van der Waals surface area contributed by atoms with Crippen molar-refractivity contribution in [1.82, 2.24) is 4.90 Å². The predicted octanol–water partition coefficient (Wildman–Crippen LogP) is 2.60. The maximum absolute atomic E-state index is 11.4. The molecule has 0 spiro atoms. The number of esters is 1. The van der Waals surface area contributed by atoms with E-state index in [1.54, 1.807) is 13.0 Å². The van der Waals surface area contributed by atoms with Gasteiger partial charge in [0.2, 0.25) is 0 Å². The van der Waals surface area contributed by atoms with Crippen LogP contribution in [0.3, 0.4) is 0 Å². The number of halogens is 1. The number of rotatable bonds is 6. The molecule has 0 aliphatic carbocycles. The van der Waals surface area contributed by atoms with E-state index in [4.69, 9.17) is 0 Å². The highest BCUT2D eigenvalue weighted by Gasteiger charge is 2.16. The lowest BCUT2D eigenvalue weighted by molar-refractivity contribution is -0.384. The van der Waals surface area contributed by atoms with Crippen LogP contribution in [0.4, 0.5) is 5.69 Å². The van der Waals surface area contributed by atoms with Crippen molar-refractivity contribution in [2.75, 3.05) is 20.7 Å². The number of nitro benzene ring substituents is 1. The van der Waals surface area contributed by atoms with Crippen molar-refractivity contribution >= 4 is 27.6 Å². The molecular formula is C13H17BrN2O4. The second kappa shape index (κ2) is 7.35. The van der Waals surface area contributed by atoms with Gasteiger partial charge in [-0.1, -0.05) is 22.9 Å². The van der Waals surface area contributed by atoms with Gasteiger partial charge in [0.05, 0.1) is 18.0 Å². The Hall–Kier alpha value is -1.47. The van der Waals surface area contributed by atoms with E-state index in [0.29, 0.717) is 17.6 Å². The van der Waals surface area contributed by atoms with Crippen molar-refractivity contribution in [2.24, 2.45) is 5.92 Å². The molecule has 0 aromatic heterocycles. The average Bonchev–Trinajstić information content (AvgIpc) is 2.39. The van der Waals surface area contributed by atoms with Crippen LogP contribution in [0.5, 0.6) is 0 Å². The Morgan fingerprint density at radius 1 is 1.55 bits per heavy atom. The smallest absolute Gasteiger partial charge is 0.309 e. The van der Waals surface area contributed by atoms with Gasteiger partial charge in [0.25, 0.3) is 5.69 Å². The molecule has 0 aliphatic rings. The van der Waals surface area contributed by atoms with Crippen LogP contribution in [0.2, 0.25) is 0 Å². The van der Waals surface area contributed by atoms with Gasteiger partial charge in [-0.05, 0) is 18.7 Å². The van der Waals surface area contributed by atoms with Crippen molar-refractivity contribution < 1.29 is 14.5 Å². The highest BCUT2D eigenvalue weighted by atomic mass is 79.9. The molecule has 0 saturated heterocycles. The lowest BCUT2D eigenvalue weighted by Gasteiger charge is -2.20. The molecule has 1 atom stereocenters. The van der Waals surface area contributed by atoms with Crippen LogP contribution in [0.25, 0.3) is 0 Å². The number of hydrogen-bond acceptors (Lipinski definition) is 5. The summed E-state index contributed by atoms with van der Waals surface area (Å²) >= 11 is 3.33. The zero-order valence-electron chi connectivity index (χ0n) is 11.6. The number of carbonyl (C=O) groups excluding carboxylic acids is 1. The van der Waals surface area contributed by atoms with Gasteiger partial charge in [0.15, 0.2) is 0 Å². The number of nitro groups is 1. The van der Waals surface area contributed by atoms with E-state index in [1.807, 2.05) is 11.9 Å². The van der Waals surface area contributed by atoms with Crippen molar-refractivity contribution in [1.29, 1.82) is 0 Å². The third-order valence-electron chi connectivity index (χ3n) is 2.88. The Morgan fingerprint density at radius 3 is 2.70 bits per heavy atom. The summed E-state index contributed by atoms with van der Waals surface area (Å²) in [6, 6.07) is 4.66. The fraction of sp³-hybridized carbons (Fsp3) is 0.462. The van der Waals surface area contributed by atoms with Crippen LogP contribution < -0.4 is 0 Å². The standard InChI is InChI=1S/C13H17BrN2O4/c1-9(13(17)20-3)7-15(2)8-10-4-5-11(16(18)19)6-12(10)14/h4-6,9H,7-8H2,1-3H3. The molecule has 1 aromatic rings. The van der Waals surface area contributed by atoms with Gasteiger partial charge in [0, 0.05) is 29.7 Å². The van der Waals surface area contributed by atoms with E-state index < -0.39 is 4.92 Å². The SMILES string of the molecule is COC(=O)C(C)CN(C)Cc1ccc([N+](=O)[O-])cc1Br. The Morgan fingerprint density at radius 2 is 2.20 bits per heavy atom. The van der Waals surface area contributed by atoms with Crippen LogP contribution in [-0.4, -0.2) is 36.5 Å². The number of benzene rings is 1. The monoisotopic (exact) mass is 344 g/mol. The number of nitrogens with zero attached hydrogens (tertiary/aromatic N) is 2. The number of methoxy groups -OCH3 is 1. The molecule has 0 radical (unpaired) electrons. The minimum atomic E-state index is -0.433. The Kier molecular flexibility index (Phi) is 6.09. The van der Waals surface area contributed by atoms with Gasteiger partial charge in [0.1, 0.15) is 0 Å². The number of carbonyl (C=O) groups is 1. The lowest BCUT2D eigenvalue weighted by atomic mass is 10.1.